The van der Waals surface area contributed by atoms with Gasteiger partial charge in [-0.05, 0) is 24.3 Å². The molecule has 3 rings (SSSR count). The maximum atomic E-state index is 5.88. The summed E-state index contributed by atoms with van der Waals surface area (Å²) in [7, 11) is 1.63. The molecule has 0 aliphatic heterocycles. The Morgan fingerprint density at radius 2 is 1.80 bits per heavy atom. The topological polar surface area (TPSA) is 39.9 Å². The number of ether oxygens (including phenoxy) is 1. The second-order valence-corrected chi connectivity index (χ2v) is 4.63. The lowest BCUT2D eigenvalue weighted by Gasteiger charge is -2.05. The van der Waals surface area contributed by atoms with Crippen LogP contribution in [0, 0.1) is 0 Å². The molecular formula is C15H12ClN3O. The first kappa shape index (κ1) is 12.7. The molecule has 100 valence electrons. The van der Waals surface area contributed by atoms with E-state index in [9.17, 15) is 0 Å². The van der Waals surface area contributed by atoms with E-state index in [1.54, 1.807) is 18.1 Å². The zero-order valence-electron chi connectivity index (χ0n) is 10.8. The fraction of sp³-hybridized carbons (Fsp3) is 0.0667. The van der Waals surface area contributed by atoms with E-state index >= 15 is 0 Å². The maximum absolute atomic E-state index is 5.88. The molecule has 5 heteroatoms. The Balaban J connectivity index is 2.00. The highest BCUT2D eigenvalue weighted by Gasteiger charge is 2.09. The van der Waals surface area contributed by atoms with Crippen molar-refractivity contribution in [1.82, 2.24) is 15.0 Å². The Morgan fingerprint density at radius 3 is 2.55 bits per heavy atom. The summed E-state index contributed by atoms with van der Waals surface area (Å²) in [5.74, 6) is 0.728. The standard InChI is InChI=1S/C15H12ClN3O/c1-20-15-5-3-2-4-14(15)19-17-10-13(18-19)11-6-8-12(16)9-7-11/h2-10H,1H3. The smallest absolute Gasteiger partial charge is 0.146 e. The number of hydrogen-bond donors (Lipinski definition) is 0. The minimum atomic E-state index is 0.700. The van der Waals surface area contributed by atoms with Crippen LogP contribution in [0.3, 0.4) is 0 Å². The third-order valence-electron chi connectivity index (χ3n) is 2.93. The quantitative estimate of drug-likeness (QED) is 0.738. The summed E-state index contributed by atoms with van der Waals surface area (Å²) in [5, 5.41) is 9.46. The molecule has 0 amide bonds. The van der Waals surface area contributed by atoms with Crippen LogP contribution in [0.4, 0.5) is 0 Å². The van der Waals surface area contributed by atoms with Gasteiger partial charge in [-0.3, -0.25) is 0 Å². The van der Waals surface area contributed by atoms with Crippen molar-refractivity contribution in [3.63, 3.8) is 0 Å². The molecule has 0 aliphatic carbocycles. The molecule has 0 saturated carbocycles. The minimum absolute atomic E-state index is 0.700. The van der Waals surface area contributed by atoms with Crippen molar-refractivity contribution in [2.45, 2.75) is 0 Å². The molecule has 0 radical (unpaired) electrons. The predicted octanol–water partition coefficient (Wildman–Crippen LogP) is 3.60. The molecule has 20 heavy (non-hydrogen) atoms. The van der Waals surface area contributed by atoms with Crippen LogP contribution in [-0.2, 0) is 0 Å². The van der Waals surface area contributed by atoms with Gasteiger partial charge in [0, 0.05) is 10.6 Å². The number of aromatic nitrogens is 3. The molecule has 0 aliphatic rings. The monoisotopic (exact) mass is 285 g/mol. The number of halogens is 1. The van der Waals surface area contributed by atoms with E-state index in [0.717, 1.165) is 22.7 Å². The second-order valence-electron chi connectivity index (χ2n) is 4.20. The lowest BCUT2D eigenvalue weighted by atomic mass is 10.2. The van der Waals surface area contributed by atoms with Gasteiger partial charge in [0.05, 0.1) is 13.3 Å². The van der Waals surface area contributed by atoms with Gasteiger partial charge in [-0.1, -0.05) is 35.9 Å². The lowest BCUT2D eigenvalue weighted by Crippen LogP contribution is -2.01. The Bertz CT molecular complexity index is 722. The van der Waals surface area contributed by atoms with Crippen LogP contribution in [0.25, 0.3) is 16.9 Å². The lowest BCUT2D eigenvalue weighted by molar-refractivity contribution is 0.410. The van der Waals surface area contributed by atoms with Crippen molar-refractivity contribution in [3.05, 3.63) is 59.8 Å². The first-order chi connectivity index (χ1) is 9.78. The number of para-hydroxylation sites is 2. The fourth-order valence-electron chi connectivity index (χ4n) is 1.93. The number of nitrogens with zero attached hydrogens (tertiary/aromatic N) is 3. The third kappa shape index (κ3) is 2.38. The van der Waals surface area contributed by atoms with Crippen LogP contribution in [0.1, 0.15) is 0 Å². The van der Waals surface area contributed by atoms with Gasteiger partial charge in [-0.2, -0.15) is 5.10 Å². The van der Waals surface area contributed by atoms with Crippen LogP contribution in [-0.4, -0.2) is 22.1 Å². The number of rotatable bonds is 3. The van der Waals surface area contributed by atoms with E-state index in [1.165, 1.54) is 0 Å². The molecule has 0 atom stereocenters. The highest BCUT2D eigenvalue weighted by atomic mass is 35.5. The van der Waals surface area contributed by atoms with E-state index in [0.29, 0.717) is 5.02 Å². The van der Waals surface area contributed by atoms with Crippen LogP contribution < -0.4 is 4.74 Å². The summed E-state index contributed by atoms with van der Waals surface area (Å²) in [6.07, 6.45) is 1.72. The average molecular weight is 286 g/mol. The van der Waals surface area contributed by atoms with Crippen molar-refractivity contribution >= 4 is 11.6 Å². The molecule has 1 heterocycles. The summed E-state index contributed by atoms with van der Waals surface area (Å²) >= 11 is 5.88. The third-order valence-corrected chi connectivity index (χ3v) is 3.18. The molecule has 2 aromatic carbocycles. The first-order valence-corrected chi connectivity index (χ1v) is 6.47. The Labute approximate surface area is 121 Å². The summed E-state index contributed by atoms with van der Waals surface area (Å²) in [6, 6.07) is 15.1. The zero-order valence-corrected chi connectivity index (χ0v) is 11.6. The fourth-order valence-corrected chi connectivity index (χ4v) is 2.05. The molecule has 0 fully saturated rings. The number of hydrogen-bond acceptors (Lipinski definition) is 3. The Hall–Kier alpha value is -2.33. The van der Waals surface area contributed by atoms with Crippen molar-refractivity contribution < 1.29 is 4.74 Å². The van der Waals surface area contributed by atoms with Crippen LogP contribution in [0.5, 0.6) is 5.75 Å². The summed E-state index contributed by atoms with van der Waals surface area (Å²) in [6.45, 7) is 0. The molecule has 0 N–H and O–H groups in total. The normalized spacial score (nSPS) is 10.5. The molecule has 0 bridgehead atoms. The van der Waals surface area contributed by atoms with E-state index < -0.39 is 0 Å². The van der Waals surface area contributed by atoms with Crippen LogP contribution in [0.2, 0.25) is 5.02 Å². The van der Waals surface area contributed by atoms with Gasteiger partial charge >= 0.3 is 0 Å². The van der Waals surface area contributed by atoms with Gasteiger partial charge < -0.3 is 4.74 Å². The van der Waals surface area contributed by atoms with Crippen molar-refractivity contribution in [1.29, 1.82) is 0 Å². The number of methoxy groups -OCH3 is 1. The molecule has 4 nitrogen and oxygen atoms in total. The van der Waals surface area contributed by atoms with Crippen molar-refractivity contribution in [2.24, 2.45) is 0 Å². The van der Waals surface area contributed by atoms with Crippen molar-refractivity contribution in [2.75, 3.05) is 7.11 Å². The second kappa shape index (κ2) is 5.35. The molecule has 0 saturated heterocycles. The van der Waals surface area contributed by atoms with Gasteiger partial charge in [-0.15, -0.1) is 9.90 Å². The van der Waals surface area contributed by atoms with Gasteiger partial charge in [0.2, 0.25) is 0 Å². The SMILES string of the molecule is COc1ccccc1-n1ncc(-c2ccc(Cl)cc2)n1. The van der Waals surface area contributed by atoms with Crippen molar-refractivity contribution in [3.8, 4) is 22.7 Å². The van der Waals surface area contributed by atoms with Gasteiger partial charge in [0.25, 0.3) is 0 Å². The Kier molecular flexibility index (Phi) is 3.39. The predicted molar refractivity (Wildman–Crippen MR) is 78.4 cm³/mol. The molecule has 1 aromatic heterocycles. The van der Waals surface area contributed by atoms with E-state index in [1.807, 2.05) is 48.5 Å². The number of benzene rings is 2. The average Bonchev–Trinajstić information content (AvgIpc) is 2.97. The van der Waals surface area contributed by atoms with E-state index in [-0.39, 0.29) is 0 Å². The van der Waals surface area contributed by atoms with Crippen LogP contribution in [0.15, 0.2) is 54.7 Å². The summed E-state index contributed by atoms with van der Waals surface area (Å²) in [4.78, 5) is 1.56. The zero-order chi connectivity index (χ0) is 13.9. The largest absolute Gasteiger partial charge is 0.494 e. The van der Waals surface area contributed by atoms with Gasteiger partial charge in [0.15, 0.2) is 0 Å². The van der Waals surface area contributed by atoms with Crippen LogP contribution >= 0.6 is 11.6 Å². The molecule has 0 unspecified atom stereocenters. The van der Waals surface area contributed by atoms with E-state index in [2.05, 4.69) is 10.2 Å². The molecular weight excluding hydrogens is 274 g/mol. The van der Waals surface area contributed by atoms with E-state index in [4.69, 9.17) is 16.3 Å². The maximum Gasteiger partial charge on any atom is 0.146 e. The Morgan fingerprint density at radius 1 is 1.05 bits per heavy atom. The highest BCUT2D eigenvalue weighted by Crippen LogP contribution is 2.23. The molecule has 0 spiro atoms. The summed E-state index contributed by atoms with van der Waals surface area (Å²) in [5.41, 5.74) is 2.55. The van der Waals surface area contributed by atoms with Gasteiger partial charge in [0.1, 0.15) is 17.1 Å². The minimum Gasteiger partial charge on any atom is -0.494 e. The molecule has 3 aromatic rings. The highest BCUT2D eigenvalue weighted by molar-refractivity contribution is 6.30. The van der Waals surface area contributed by atoms with Gasteiger partial charge in [-0.25, -0.2) is 0 Å². The first-order valence-electron chi connectivity index (χ1n) is 6.09. The summed E-state index contributed by atoms with van der Waals surface area (Å²) < 4.78 is 5.31.